The molecule has 0 radical (unpaired) electrons. The van der Waals surface area contributed by atoms with Gasteiger partial charge in [-0.25, -0.2) is 19.9 Å². The second-order valence-corrected chi connectivity index (χ2v) is 6.27. The lowest BCUT2D eigenvalue weighted by Gasteiger charge is -2.11. The molecule has 0 aliphatic heterocycles. The number of nitrogens with zero attached hydrogens (tertiary/aromatic N) is 4. The third-order valence-electron chi connectivity index (χ3n) is 4.45. The maximum atomic E-state index is 14.7. The molecule has 4 rings (SSSR count). The highest BCUT2D eigenvalue weighted by atomic mass is 19.1. The number of aldehydes is 1. The Bertz CT molecular complexity index is 1210. The van der Waals surface area contributed by atoms with E-state index in [4.69, 9.17) is 4.74 Å². The number of fused-ring (bicyclic) bond motifs is 1. The standard InChI is InChI=1S/C20H18FN7O2/c1-3-22-19-17-13(8-24-20(17)26-10-25-19)12-6-15(28-18(21)14(12)9-29)27-11-4-5-16(30-2)23-7-11/h4-10H,3H2,1-2H3,(H,27,28)(H2,22,24,25,26). The van der Waals surface area contributed by atoms with Crippen molar-refractivity contribution in [2.24, 2.45) is 0 Å². The lowest BCUT2D eigenvalue weighted by Crippen LogP contribution is -2.03. The minimum Gasteiger partial charge on any atom is -0.481 e. The van der Waals surface area contributed by atoms with Gasteiger partial charge in [0, 0.05) is 29.9 Å². The van der Waals surface area contributed by atoms with E-state index >= 15 is 0 Å². The van der Waals surface area contributed by atoms with Gasteiger partial charge < -0.3 is 20.4 Å². The molecule has 10 heteroatoms. The van der Waals surface area contributed by atoms with Crippen LogP contribution in [0.5, 0.6) is 5.88 Å². The van der Waals surface area contributed by atoms with Gasteiger partial charge in [-0.2, -0.15) is 4.39 Å². The predicted octanol–water partition coefficient (Wildman–Crippen LogP) is 3.55. The quantitative estimate of drug-likeness (QED) is 0.314. The Balaban J connectivity index is 1.83. The van der Waals surface area contributed by atoms with E-state index in [0.717, 1.165) is 0 Å². The minimum absolute atomic E-state index is 0.152. The van der Waals surface area contributed by atoms with Gasteiger partial charge in [0.2, 0.25) is 11.8 Å². The third-order valence-corrected chi connectivity index (χ3v) is 4.45. The fourth-order valence-electron chi connectivity index (χ4n) is 3.12. The minimum atomic E-state index is -0.886. The number of carbonyl (C=O) groups excluding carboxylic acids is 1. The lowest BCUT2D eigenvalue weighted by atomic mass is 10.0. The Morgan fingerprint density at radius 2 is 2.10 bits per heavy atom. The second-order valence-electron chi connectivity index (χ2n) is 6.27. The number of aromatic amines is 1. The number of aromatic nitrogens is 5. The number of nitrogens with one attached hydrogen (secondary N) is 3. The van der Waals surface area contributed by atoms with Crippen molar-refractivity contribution in [2.45, 2.75) is 6.92 Å². The summed E-state index contributed by atoms with van der Waals surface area (Å²) in [7, 11) is 1.52. The fourth-order valence-corrected chi connectivity index (χ4v) is 3.12. The smallest absolute Gasteiger partial charge is 0.226 e. The van der Waals surface area contributed by atoms with E-state index in [1.54, 1.807) is 24.4 Å². The summed E-state index contributed by atoms with van der Waals surface area (Å²) in [5.74, 6) is 0.368. The van der Waals surface area contributed by atoms with E-state index in [2.05, 4.69) is 35.6 Å². The topological polar surface area (TPSA) is 118 Å². The average molecular weight is 407 g/mol. The first kappa shape index (κ1) is 19.2. The molecule has 152 valence electrons. The molecule has 0 unspecified atom stereocenters. The van der Waals surface area contributed by atoms with Crippen molar-refractivity contribution < 1.29 is 13.9 Å². The third kappa shape index (κ3) is 3.50. The molecule has 9 nitrogen and oxygen atoms in total. The molecule has 0 aliphatic carbocycles. The summed E-state index contributed by atoms with van der Waals surface area (Å²) in [6.45, 7) is 2.58. The van der Waals surface area contributed by atoms with Crippen LogP contribution >= 0.6 is 0 Å². The number of rotatable bonds is 7. The number of methoxy groups -OCH3 is 1. The molecule has 3 N–H and O–H groups in total. The lowest BCUT2D eigenvalue weighted by molar-refractivity contribution is 0.111. The Morgan fingerprint density at radius 3 is 2.80 bits per heavy atom. The van der Waals surface area contributed by atoms with Gasteiger partial charge in [0.05, 0.1) is 29.9 Å². The number of pyridine rings is 2. The molecule has 30 heavy (non-hydrogen) atoms. The molecule has 0 aromatic carbocycles. The molecule has 4 heterocycles. The van der Waals surface area contributed by atoms with Crippen LogP contribution in [-0.2, 0) is 0 Å². The summed E-state index contributed by atoms with van der Waals surface area (Å²) in [4.78, 5) is 31.1. The Kier molecular flexibility index (Phi) is 5.21. The van der Waals surface area contributed by atoms with Crippen LogP contribution in [-0.4, -0.2) is 44.9 Å². The Morgan fingerprint density at radius 1 is 1.23 bits per heavy atom. The van der Waals surface area contributed by atoms with E-state index in [9.17, 15) is 9.18 Å². The molecule has 4 aromatic heterocycles. The van der Waals surface area contributed by atoms with Gasteiger partial charge in [-0.1, -0.05) is 0 Å². The van der Waals surface area contributed by atoms with Gasteiger partial charge in [-0.3, -0.25) is 4.79 Å². The van der Waals surface area contributed by atoms with Crippen LogP contribution < -0.4 is 15.4 Å². The van der Waals surface area contributed by atoms with Gasteiger partial charge in [-0.15, -0.1) is 0 Å². The van der Waals surface area contributed by atoms with Crippen LogP contribution in [0.25, 0.3) is 22.2 Å². The first-order valence-corrected chi connectivity index (χ1v) is 9.13. The zero-order valence-electron chi connectivity index (χ0n) is 16.2. The van der Waals surface area contributed by atoms with Crippen LogP contribution in [0.15, 0.2) is 36.9 Å². The molecular weight excluding hydrogens is 389 g/mol. The molecule has 0 saturated heterocycles. The van der Waals surface area contributed by atoms with Crippen molar-refractivity contribution >= 4 is 34.6 Å². The summed E-state index contributed by atoms with van der Waals surface area (Å²) < 4.78 is 19.7. The highest BCUT2D eigenvalue weighted by Gasteiger charge is 2.19. The summed E-state index contributed by atoms with van der Waals surface area (Å²) in [5, 5.41) is 6.81. The number of halogens is 1. The first-order chi connectivity index (χ1) is 14.6. The maximum absolute atomic E-state index is 14.7. The molecule has 0 saturated carbocycles. The molecular formula is C20H18FN7O2. The van der Waals surface area contributed by atoms with Crippen LogP contribution in [0.1, 0.15) is 17.3 Å². The Labute approximate surface area is 170 Å². The monoisotopic (exact) mass is 407 g/mol. The highest BCUT2D eigenvalue weighted by molar-refractivity contribution is 6.04. The van der Waals surface area contributed by atoms with Gasteiger partial charge in [-0.05, 0) is 19.1 Å². The van der Waals surface area contributed by atoms with E-state index < -0.39 is 5.95 Å². The molecule has 0 fully saturated rings. The van der Waals surface area contributed by atoms with Gasteiger partial charge in [0.15, 0.2) is 6.29 Å². The number of ether oxygens (including phenoxy) is 1. The molecule has 0 atom stereocenters. The van der Waals surface area contributed by atoms with Crippen molar-refractivity contribution in [3.05, 3.63) is 48.4 Å². The normalized spacial score (nSPS) is 10.8. The van der Waals surface area contributed by atoms with E-state index in [0.29, 0.717) is 52.4 Å². The van der Waals surface area contributed by atoms with Crippen LogP contribution in [0.3, 0.4) is 0 Å². The van der Waals surface area contributed by atoms with Gasteiger partial charge in [0.1, 0.15) is 23.6 Å². The van der Waals surface area contributed by atoms with Crippen molar-refractivity contribution in [3.8, 4) is 17.0 Å². The van der Waals surface area contributed by atoms with Crippen molar-refractivity contribution in [3.63, 3.8) is 0 Å². The summed E-state index contributed by atoms with van der Waals surface area (Å²) in [5.41, 5.74) is 1.95. The van der Waals surface area contributed by atoms with Gasteiger partial charge >= 0.3 is 0 Å². The predicted molar refractivity (Wildman–Crippen MR) is 111 cm³/mol. The summed E-state index contributed by atoms with van der Waals surface area (Å²) in [6.07, 6.45) is 5.08. The zero-order chi connectivity index (χ0) is 21.1. The number of H-pyrrole nitrogens is 1. The number of carbonyl (C=O) groups is 1. The molecule has 0 amide bonds. The van der Waals surface area contributed by atoms with Crippen LogP contribution in [0.2, 0.25) is 0 Å². The van der Waals surface area contributed by atoms with Crippen molar-refractivity contribution in [2.75, 3.05) is 24.3 Å². The number of anilines is 3. The van der Waals surface area contributed by atoms with Crippen molar-refractivity contribution in [1.82, 2.24) is 24.9 Å². The molecule has 0 aliphatic rings. The summed E-state index contributed by atoms with van der Waals surface area (Å²) >= 11 is 0. The first-order valence-electron chi connectivity index (χ1n) is 9.13. The highest BCUT2D eigenvalue weighted by Crippen LogP contribution is 2.35. The largest absolute Gasteiger partial charge is 0.481 e. The fraction of sp³-hybridized carbons (Fsp3) is 0.150. The van der Waals surface area contributed by atoms with Crippen LogP contribution in [0.4, 0.5) is 21.7 Å². The van der Waals surface area contributed by atoms with E-state index in [1.165, 1.54) is 19.6 Å². The van der Waals surface area contributed by atoms with Crippen molar-refractivity contribution in [1.29, 1.82) is 0 Å². The average Bonchev–Trinajstić information content (AvgIpc) is 3.19. The molecule has 4 aromatic rings. The number of hydrogen-bond donors (Lipinski definition) is 3. The second kappa shape index (κ2) is 8.11. The summed E-state index contributed by atoms with van der Waals surface area (Å²) in [6, 6.07) is 4.99. The SMILES string of the molecule is CCNc1ncnc2[nH]cc(-c3cc(Nc4ccc(OC)nc4)nc(F)c3C=O)c12. The van der Waals surface area contributed by atoms with Crippen LogP contribution in [0, 0.1) is 5.95 Å². The Hall–Kier alpha value is -4.08. The van der Waals surface area contributed by atoms with E-state index in [1.807, 2.05) is 6.92 Å². The number of hydrogen-bond acceptors (Lipinski definition) is 8. The van der Waals surface area contributed by atoms with Gasteiger partial charge in [0.25, 0.3) is 0 Å². The maximum Gasteiger partial charge on any atom is 0.226 e. The zero-order valence-corrected chi connectivity index (χ0v) is 16.2. The molecule has 0 spiro atoms. The van der Waals surface area contributed by atoms with E-state index in [-0.39, 0.29) is 11.4 Å². The molecule has 0 bridgehead atoms.